The van der Waals surface area contributed by atoms with Gasteiger partial charge in [-0.05, 0) is 29.3 Å². The number of hydrogen-bond acceptors (Lipinski definition) is 3. The van der Waals surface area contributed by atoms with Gasteiger partial charge in [-0.25, -0.2) is 0 Å². The standard InChI is InChI=1S/C14H13NO2/c16-10-6-5-9-8-15-14(12(9)7-10)11-3-1-2-4-13(11)17/h1-7,14-17H,8H2. The summed E-state index contributed by atoms with van der Waals surface area (Å²) in [5, 5.41) is 22.7. The first-order valence-electron chi connectivity index (χ1n) is 5.59. The van der Waals surface area contributed by atoms with E-state index in [0.717, 1.165) is 23.2 Å². The molecule has 17 heavy (non-hydrogen) atoms. The van der Waals surface area contributed by atoms with E-state index in [1.54, 1.807) is 24.3 Å². The second-order valence-corrected chi connectivity index (χ2v) is 4.26. The smallest absolute Gasteiger partial charge is 0.120 e. The van der Waals surface area contributed by atoms with Gasteiger partial charge < -0.3 is 15.5 Å². The molecule has 1 heterocycles. The summed E-state index contributed by atoms with van der Waals surface area (Å²) >= 11 is 0. The van der Waals surface area contributed by atoms with Gasteiger partial charge in [-0.2, -0.15) is 0 Å². The number of hydrogen-bond donors (Lipinski definition) is 3. The predicted molar refractivity (Wildman–Crippen MR) is 64.9 cm³/mol. The van der Waals surface area contributed by atoms with Crippen molar-refractivity contribution in [2.75, 3.05) is 0 Å². The third-order valence-electron chi connectivity index (χ3n) is 3.18. The number of para-hydroxylation sites is 1. The quantitative estimate of drug-likeness (QED) is 0.700. The fourth-order valence-corrected chi connectivity index (χ4v) is 2.34. The monoisotopic (exact) mass is 227 g/mol. The van der Waals surface area contributed by atoms with Crippen LogP contribution in [-0.2, 0) is 6.54 Å². The molecule has 3 heteroatoms. The lowest BCUT2D eigenvalue weighted by Gasteiger charge is -2.14. The highest BCUT2D eigenvalue weighted by Gasteiger charge is 2.25. The molecule has 0 bridgehead atoms. The van der Waals surface area contributed by atoms with Crippen LogP contribution in [0.5, 0.6) is 11.5 Å². The highest BCUT2D eigenvalue weighted by molar-refractivity contribution is 5.48. The number of benzene rings is 2. The molecule has 0 amide bonds. The highest BCUT2D eigenvalue weighted by Crippen LogP contribution is 2.36. The average molecular weight is 227 g/mol. The van der Waals surface area contributed by atoms with Crippen LogP contribution >= 0.6 is 0 Å². The summed E-state index contributed by atoms with van der Waals surface area (Å²) in [6, 6.07) is 12.6. The number of phenols is 2. The minimum atomic E-state index is -0.0432. The van der Waals surface area contributed by atoms with E-state index < -0.39 is 0 Å². The van der Waals surface area contributed by atoms with Crippen molar-refractivity contribution in [1.29, 1.82) is 0 Å². The summed E-state index contributed by atoms with van der Waals surface area (Å²) in [6.45, 7) is 0.759. The number of fused-ring (bicyclic) bond motifs is 1. The molecule has 2 aromatic carbocycles. The lowest BCUT2D eigenvalue weighted by Crippen LogP contribution is -2.13. The number of phenolic OH excluding ortho intramolecular Hbond substituents is 2. The molecule has 1 aliphatic heterocycles. The van der Waals surface area contributed by atoms with Crippen LogP contribution in [0.3, 0.4) is 0 Å². The van der Waals surface area contributed by atoms with Gasteiger partial charge in [0.05, 0.1) is 6.04 Å². The van der Waals surface area contributed by atoms with Crippen molar-refractivity contribution in [1.82, 2.24) is 5.32 Å². The molecule has 86 valence electrons. The second kappa shape index (κ2) is 3.79. The summed E-state index contributed by atoms with van der Waals surface area (Å²) in [6.07, 6.45) is 0. The molecule has 0 aromatic heterocycles. The molecule has 0 saturated carbocycles. The van der Waals surface area contributed by atoms with E-state index in [0.29, 0.717) is 0 Å². The Labute approximate surface area is 99.4 Å². The Bertz CT molecular complexity index is 566. The van der Waals surface area contributed by atoms with Gasteiger partial charge in [0.2, 0.25) is 0 Å². The Morgan fingerprint density at radius 3 is 2.65 bits per heavy atom. The molecule has 1 unspecified atom stereocenters. The van der Waals surface area contributed by atoms with Crippen molar-refractivity contribution >= 4 is 0 Å². The van der Waals surface area contributed by atoms with Gasteiger partial charge >= 0.3 is 0 Å². The minimum absolute atomic E-state index is 0.0432. The highest BCUT2D eigenvalue weighted by atomic mass is 16.3. The third kappa shape index (κ3) is 1.65. The first-order chi connectivity index (χ1) is 8.25. The maximum absolute atomic E-state index is 9.86. The van der Waals surface area contributed by atoms with Gasteiger partial charge in [0.25, 0.3) is 0 Å². The van der Waals surface area contributed by atoms with Crippen LogP contribution in [0, 0.1) is 0 Å². The minimum Gasteiger partial charge on any atom is -0.508 e. The molecule has 0 saturated heterocycles. The van der Waals surface area contributed by atoms with Crippen molar-refractivity contribution in [3.8, 4) is 11.5 Å². The molecule has 0 fully saturated rings. The molecule has 0 spiro atoms. The van der Waals surface area contributed by atoms with Crippen LogP contribution in [0.2, 0.25) is 0 Å². The van der Waals surface area contributed by atoms with Crippen LogP contribution in [0.1, 0.15) is 22.7 Å². The van der Waals surface area contributed by atoms with Gasteiger partial charge in [0.15, 0.2) is 0 Å². The van der Waals surface area contributed by atoms with E-state index in [2.05, 4.69) is 5.32 Å². The molecule has 1 aliphatic rings. The fraction of sp³-hybridized carbons (Fsp3) is 0.143. The SMILES string of the molecule is Oc1ccc2c(c1)C(c1ccccc1O)NC2. The van der Waals surface area contributed by atoms with Crippen molar-refractivity contribution in [2.45, 2.75) is 12.6 Å². The first-order valence-corrected chi connectivity index (χ1v) is 5.59. The van der Waals surface area contributed by atoms with Crippen LogP contribution < -0.4 is 5.32 Å². The Morgan fingerprint density at radius 1 is 1.00 bits per heavy atom. The summed E-state index contributed by atoms with van der Waals surface area (Å²) in [5.74, 6) is 0.536. The molecule has 1 atom stereocenters. The largest absolute Gasteiger partial charge is 0.508 e. The fourth-order valence-electron chi connectivity index (χ4n) is 2.34. The van der Waals surface area contributed by atoms with E-state index in [4.69, 9.17) is 0 Å². The molecule has 3 N–H and O–H groups in total. The molecule has 0 radical (unpaired) electrons. The Balaban J connectivity index is 2.10. The Hall–Kier alpha value is -2.00. The van der Waals surface area contributed by atoms with Crippen molar-refractivity contribution in [3.63, 3.8) is 0 Å². The maximum atomic E-state index is 9.86. The topological polar surface area (TPSA) is 52.5 Å². The zero-order chi connectivity index (χ0) is 11.8. The normalized spacial score (nSPS) is 18.0. The number of aromatic hydroxyl groups is 2. The summed E-state index contributed by atoms with van der Waals surface area (Å²) in [4.78, 5) is 0. The second-order valence-electron chi connectivity index (χ2n) is 4.26. The number of nitrogens with one attached hydrogen (secondary N) is 1. The molecule has 2 aromatic rings. The zero-order valence-corrected chi connectivity index (χ0v) is 9.22. The van der Waals surface area contributed by atoms with Crippen LogP contribution in [0.25, 0.3) is 0 Å². The average Bonchev–Trinajstić information content (AvgIpc) is 2.72. The molecular weight excluding hydrogens is 214 g/mol. The molecule has 3 nitrogen and oxygen atoms in total. The van der Waals surface area contributed by atoms with E-state index >= 15 is 0 Å². The Kier molecular flexibility index (Phi) is 2.27. The van der Waals surface area contributed by atoms with Gasteiger partial charge in [-0.3, -0.25) is 0 Å². The summed E-state index contributed by atoms with van der Waals surface area (Å²) < 4.78 is 0. The lowest BCUT2D eigenvalue weighted by atomic mass is 9.97. The van der Waals surface area contributed by atoms with E-state index in [1.165, 1.54) is 0 Å². The Morgan fingerprint density at radius 2 is 1.82 bits per heavy atom. The van der Waals surface area contributed by atoms with Crippen LogP contribution in [0.4, 0.5) is 0 Å². The van der Waals surface area contributed by atoms with Crippen LogP contribution in [-0.4, -0.2) is 10.2 Å². The summed E-state index contributed by atoms with van der Waals surface area (Å²) in [5.41, 5.74) is 3.04. The third-order valence-corrected chi connectivity index (χ3v) is 3.18. The molecule has 3 rings (SSSR count). The molecular formula is C14H13NO2. The van der Waals surface area contributed by atoms with E-state index in [1.807, 2.05) is 18.2 Å². The van der Waals surface area contributed by atoms with Gasteiger partial charge in [-0.1, -0.05) is 24.3 Å². The zero-order valence-electron chi connectivity index (χ0n) is 9.22. The van der Waals surface area contributed by atoms with Crippen molar-refractivity contribution in [3.05, 3.63) is 59.2 Å². The van der Waals surface area contributed by atoms with Gasteiger partial charge in [-0.15, -0.1) is 0 Å². The number of rotatable bonds is 1. The molecule has 0 aliphatic carbocycles. The van der Waals surface area contributed by atoms with Gasteiger partial charge in [0, 0.05) is 12.1 Å². The van der Waals surface area contributed by atoms with Crippen molar-refractivity contribution < 1.29 is 10.2 Å². The van der Waals surface area contributed by atoms with Crippen molar-refractivity contribution in [2.24, 2.45) is 0 Å². The maximum Gasteiger partial charge on any atom is 0.120 e. The summed E-state index contributed by atoms with van der Waals surface area (Å²) in [7, 11) is 0. The van der Waals surface area contributed by atoms with E-state index in [-0.39, 0.29) is 17.5 Å². The lowest BCUT2D eigenvalue weighted by molar-refractivity contribution is 0.459. The predicted octanol–water partition coefficient (Wildman–Crippen LogP) is 2.29. The van der Waals surface area contributed by atoms with Gasteiger partial charge in [0.1, 0.15) is 11.5 Å². The first kappa shape index (κ1) is 10.2. The van der Waals surface area contributed by atoms with Crippen LogP contribution in [0.15, 0.2) is 42.5 Å². The van der Waals surface area contributed by atoms with E-state index in [9.17, 15) is 10.2 Å².